The number of nitriles is 1. The summed E-state index contributed by atoms with van der Waals surface area (Å²) in [5.41, 5.74) is -3.16. The number of carbonyl (C=O) groups excluding carboxylic acids is 7. The number of anilines is 2. The van der Waals surface area contributed by atoms with Crippen LogP contribution in [0.2, 0.25) is 0 Å². The van der Waals surface area contributed by atoms with Crippen LogP contribution in [0.3, 0.4) is 0 Å². The second-order valence-electron chi connectivity index (χ2n) is 15.7. The Balaban J connectivity index is 0.879. The monoisotopic (exact) mass is 879 g/mol. The number of amides is 8. The fourth-order valence-corrected chi connectivity index (χ4v) is 8.21. The van der Waals surface area contributed by atoms with Crippen molar-refractivity contribution in [2.75, 3.05) is 36.6 Å². The number of urea groups is 1. The lowest BCUT2D eigenvalue weighted by Crippen LogP contribution is -2.54. The number of rotatable bonds is 10. The van der Waals surface area contributed by atoms with Crippen LogP contribution in [0.15, 0.2) is 60.8 Å². The Labute approximate surface area is 361 Å². The molecule has 64 heavy (non-hydrogen) atoms. The zero-order valence-electron chi connectivity index (χ0n) is 34.3. The minimum atomic E-state index is -1.65. The van der Waals surface area contributed by atoms with Crippen molar-refractivity contribution in [3.63, 3.8) is 0 Å². The molecule has 0 spiro atoms. The Bertz CT molecular complexity index is 2750. The third-order valence-electron chi connectivity index (χ3n) is 11.5. The zero-order chi connectivity index (χ0) is 45.8. The highest BCUT2D eigenvalue weighted by molar-refractivity contribution is 6.30. The van der Waals surface area contributed by atoms with Gasteiger partial charge in [-0.1, -0.05) is 6.07 Å². The summed E-state index contributed by atoms with van der Waals surface area (Å²) in [6, 6.07) is 10.9. The predicted molar refractivity (Wildman–Crippen MR) is 216 cm³/mol. The van der Waals surface area contributed by atoms with E-state index in [9.17, 15) is 38.8 Å². The van der Waals surface area contributed by atoms with E-state index in [1.807, 2.05) is 0 Å². The highest BCUT2D eigenvalue weighted by Crippen LogP contribution is 2.41. The number of hydrogen-bond donors (Lipinski definition) is 1. The lowest BCUT2D eigenvalue weighted by atomic mass is 10.0. The van der Waals surface area contributed by atoms with Gasteiger partial charge in [0.1, 0.15) is 46.8 Å². The van der Waals surface area contributed by atoms with E-state index in [1.54, 1.807) is 6.07 Å². The van der Waals surface area contributed by atoms with Crippen molar-refractivity contribution in [1.29, 1.82) is 5.26 Å². The van der Waals surface area contributed by atoms with E-state index in [4.69, 9.17) is 14.2 Å². The molecule has 3 aromatic carbocycles. The minimum absolute atomic E-state index is 0.00979. The van der Waals surface area contributed by atoms with Crippen LogP contribution in [0.25, 0.3) is 11.3 Å². The molecule has 0 bridgehead atoms. The topological polar surface area (TPSA) is 209 Å². The number of carbonyl (C=O) groups is 7. The summed E-state index contributed by atoms with van der Waals surface area (Å²) in [4.78, 5) is 98.8. The Morgan fingerprint density at radius 2 is 1.69 bits per heavy atom. The summed E-state index contributed by atoms with van der Waals surface area (Å²) in [7, 11) is 1.13. The van der Waals surface area contributed by atoms with Crippen LogP contribution in [-0.4, -0.2) is 101 Å². The molecule has 0 aliphatic carbocycles. The molecule has 3 saturated heterocycles. The summed E-state index contributed by atoms with van der Waals surface area (Å²) in [5, 5.41) is 11.4. The Morgan fingerprint density at radius 3 is 2.36 bits per heavy atom. The molecule has 8 amide bonds. The van der Waals surface area contributed by atoms with E-state index in [0.29, 0.717) is 17.7 Å². The van der Waals surface area contributed by atoms with E-state index < -0.39 is 100 Å². The third-order valence-corrected chi connectivity index (χ3v) is 11.5. The fraction of sp³-hybridized carbons (Fsp3) is 0.295. The largest absolute Gasteiger partial charge is 0.492 e. The second kappa shape index (κ2) is 16.5. The number of piperidine rings is 2. The van der Waals surface area contributed by atoms with Gasteiger partial charge in [-0.15, -0.1) is 0 Å². The molecule has 4 aliphatic heterocycles. The van der Waals surface area contributed by atoms with Crippen LogP contribution >= 0.6 is 0 Å². The molecule has 17 nitrogen and oxygen atoms in total. The van der Waals surface area contributed by atoms with Crippen molar-refractivity contribution in [3.05, 3.63) is 94.9 Å². The number of nitrogens with one attached hydrogen (secondary N) is 1. The van der Waals surface area contributed by atoms with Gasteiger partial charge < -0.3 is 19.1 Å². The molecule has 8 rings (SSSR count). The van der Waals surface area contributed by atoms with Crippen molar-refractivity contribution >= 4 is 52.8 Å². The molecule has 1 aromatic heterocycles. The molecular formula is C44H36F3N7O10. The van der Waals surface area contributed by atoms with Crippen molar-refractivity contribution < 1.29 is 60.9 Å². The molecule has 4 aromatic rings. The summed E-state index contributed by atoms with van der Waals surface area (Å²) < 4.78 is 63.5. The predicted octanol–water partition coefficient (Wildman–Crippen LogP) is 4.65. The number of halogens is 3. The van der Waals surface area contributed by atoms with Gasteiger partial charge >= 0.3 is 6.03 Å². The molecule has 5 heterocycles. The molecule has 0 radical (unpaired) electrons. The number of fused-ring (bicyclic) bond motifs is 1. The van der Waals surface area contributed by atoms with E-state index >= 15 is 13.2 Å². The van der Waals surface area contributed by atoms with Crippen LogP contribution < -0.4 is 29.3 Å². The van der Waals surface area contributed by atoms with Crippen molar-refractivity contribution in [1.82, 2.24) is 20.1 Å². The number of ether oxygens (including phenoxy) is 3. The van der Waals surface area contributed by atoms with E-state index in [-0.39, 0.29) is 65.4 Å². The smallest absolute Gasteiger partial charge is 0.337 e. The van der Waals surface area contributed by atoms with Gasteiger partial charge in [0.25, 0.3) is 23.6 Å². The van der Waals surface area contributed by atoms with Gasteiger partial charge in [0.05, 0.1) is 41.4 Å². The average Bonchev–Trinajstić information content (AvgIpc) is 3.62. The van der Waals surface area contributed by atoms with Gasteiger partial charge in [-0.3, -0.25) is 48.9 Å². The number of methoxy groups -OCH3 is 1. The maximum Gasteiger partial charge on any atom is 0.337 e. The Morgan fingerprint density at radius 1 is 0.938 bits per heavy atom. The molecule has 328 valence electrons. The van der Waals surface area contributed by atoms with Crippen LogP contribution in [0.4, 0.5) is 29.3 Å². The number of pyridine rings is 1. The lowest BCUT2D eigenvalue weighted by molar-refractivity contribution is -0.136. The standard InChI is InChI=1S/C44H36F3N7O10/c1-44(2)42(60)53(30-10-7-22(19-48)38(62-3)36(30)47)43(61)54(44)23-17-29(46)37(49-20-23)26-9-8-25(18-28(26)45)64-24-13-15-51(16-14-24)34(56)21-63-32-6-4-5-27-35(32)41(59)52(40(27)58)31-11-12-33(55)50-39(31)57/h4-10,17-18,20,24,31H,11-16,21H2,1-3H3,(H,50,55,57). The molecule has 1 atom stereocenters. The average molecular weight is 880 g/mol. The first-order valence-electron chi connectivity index (χ1n) is 19.9. The van der Waals surface area contributed by atoms with Crippen LogP contribution in [-0.2, 0) is 19.2 Å². The lowest BCUT2D eigenvalue weighted by Gasteiger charge is -2.32. The van der Waals surface area contributed by atoms with Crippen LogP contribution in [0, 0.1) is 28.8 Å². The quantitative estimate of drug-likeness (QED) is 0.171. The minimum Gasteiger partial charge on any atom is -0.492 e. The summed E-state index contributed by atoms with van der Waals surface area (Å²) in [6.45, 7) is 2.79. The first-order chi connectivity index (χ1) is 30.5. The third kappa shape index (κ3) is 7.27. The van der Waals surface area contributed by atoms with E-state index in [2.05, 4.69) is 10.3 Å². The maximum atomic E-state index is 15.7. The molecule has 0 saturated carbocycles. The first kappa shape index (κ1) is 42.9. The van der Waals surface area contributed by atoms with Crippen molar-refractivity contribution in [2.24, 2.45) is 0 Å². The number of benzene rings is 3. The molecule has 20 heteroatoms. The van der Waals surface area contributed by atoms with Gasteiger partial charge in [-0.05, 0) is 56.7 Å². The highest BCUT2D eigenvalue weighted by atomic mass is 19.1. The maximum absolute atomic E-state index is 15.7. The summed E-state index contributed by atoms with van der Waals surface area (Å²) in [5.74, 6) is -7.37. The molecule has 4 aliphatic rings. The number of hydrogen-bond acceptors (Lipinski definition) is 12. The molecule has 1 N–H and O–H groups in total. The van der Waals surface area contributed by atoms with Crippen LogP contribution in [0.5, 0.6) is 17.2 Å². The normalized spacial score (nSPS) is 18.6. The zero-order valence-corrected chi connectivity index (χ0v) is 34.3. The van der Waals surface area contributed by atoms with Gasteiger partial charge in [0.15, 0.2) is 24.0 Å². The molecular weight excluding hydrogens is 844 g/mol. The van der Waals surface area contributed by atoms with Gasteiger partial charge in [-0.25, -0.2) is 22.9 Å². The number of likely N-dealkylation sites (tertiary alicyclic amines) is 1. The van der Waals surface area contributed by atoms with Crippen molar-refractivity contribution in [2.45, 2.75) is 57.2 Å². The number of nitrogens with zero attached hydrogens (tertiary/aromatic N) is 6. The van der Waals surface area contributed by atoms with Gasteiger partial charge in [-0.2, -0.15) is 5.26 Å². The Kier molecular flexibility index (Phi) is 11.0. The second-order valence-corrected chi connectivity index (χ2v) is 15.7. The number of imide groups is 3. The van der Waals surface area contributed by atoms with Crippen LogP contribution in [0.1, 0.15) is 65.8 Å². The van der Waals surface area contributed by atoms with Gasteiger partial charge in [0.2, 0.25) is 11.8 Å². The highest BCUT2D eigenvalue weighted by Gasteiger charge is 2.54. The SMILES string of the molecule is COc1c(C#N)ccc(N2C(=O)N(c3cnc(-c4ccc(OC5CCN(C(=O)COc6cccc7c6C(=O)N(C6CCC(=O)NC6=O)C7=O)CC5)cc4F)c(F)c3)C(C)(C)C2=O)c1F. The fourth-order valence-electron chi connectivity index (χ4n) is 8.21. The molecule has 1 unspecified atom stereocenters. The number of aromatic nitrogens is 1. The van der Waals surface area contributed by atoms with E-state index in [0.717, 1.165) is 41.3 Å². The first-order valence-corrected chi connectivity index (χ1v) is 19.9. The summed E-state index contributed by atoms with van der Waals surface area (Å²) >= 11 is 0. The van der Waals surface area contributed by atoms with Gasteiger partial charge in [0, 0.05) is 50.0 Å². The Hall–Kier alpha value is -7.82. The van der Waals surface area contributed by atoms with E-state index in [1.165, 1.54) is 55.1 Å². The molecule has 3 fully saturated rings. The van der Waals surface area contributed by atoms with Crippen molar-refractivity contribution in [3.8, 4) is 34.6 Å². The summed E-state index contributed by atoms with van der Waals surface area (Å²) in [6.07, 6.45) is 1.32.